The van der Waals surface area contributed by atoms with Crippen LogP contribution in [0.2, 0.25) is 5.02 Å². The van der Waals surface area contributed by atoms with Crippen LogP contribution in [0.15, 0.2) is 33.7 Å². The molecule has 3 aromatic rings. The van der Waals surface area contributed by atoms with E-state index in [0.29, 0.717) is 36.1 Å². The number of carbonyl (C=O) groups excluding carboxylic acids is 1. The standard InChI is InChI=1S/C20H23ClN6O4S/c1-13-18(14(2)31-24-13)32(29,30)26-10-4-9-25(11-12-26)20(28)19-22-15(3)27(23-19)17-7-5-16(21)6-8-17/h5-8H,4,9-12H2,1-3H3. The number of amides is 1. The van der Waals surface area contributed by atoms with E-state index >= 15 is 0 Å². The normalized spacial score (nSPS) is 15.7. The fourth-order valence-corrected chi connectivity index (χ4v) is 5.64. The largest absolute Gasteiger partial charge is 0.360 e. The minimum atomic E-state index is -3.77. The maximum Gasteiger partial charge on any atom is 0.293 e. The van der Waals surface area contributed by atoms with Crippen LogP contribution in [0.4, 0.5) is 0 Å². The van der Waals surface area contributed by atoms with Gasteiger partial charge < -0.3 is 9.42 Å². The van der Waals surface area contributed by atoms with Gasteiger partial charge in [-0.2, -0.15) is 4.31 Å². The first-order valence-corrected chi connectivity index (χ1v) is 11.9. The zero-order valence-corrected chi connectivity index (χ0v) is 19.5. The Kier molecular flexibility index (Phi) is 6.06. The molecule has 1 saturated heterocycles. The van der Waals surface area contributed by atoms with E-state index in [1.165, 1.54) is 4.31 Å². The summed E-state index contributed by atoms with van der Waals surface area (Å²) in [6.45, 7) is 6.03. The van der Waals surface area contributed by atoms with Crippen molar-refractivity contribution in [3.05, 3.63) is 52.4 Å². The first-order valence-electron chi connectivity index (χ1n) is 10.1. The smallest absolute Gasteiger partial charge is 0.293 e. The second-order valence-corrected chi connectivity index (χ2v) is 9.89. The quantitative estimate of drug-likeness (QED) is 0.565. The lowest BCUT2D eigenvalue weighted by molar-refractivity contribution is 0.0752. The highest BCUT2D eigenvalue weighted by Crippen LogP contribution is 2.24. The molecule has 32 heavy (non-hydrogen) atoms. The number of aromatic nitrogens is 4. The number of rotatable bonds is 4. The predicted molar refractivity (Wildman–Crippen MR) is 116 cm³/mol. The number of halogens is 1. The summed E-state index contributed by atoms with van der Waals surface area (Å²) < 4.78 is 34.2. The van der Waals surface area contributed by atoms with Crippen LogP contribution in [-0.4, -0.2) is 69.6 Å². The lowest BCUT2D eigenvalue weighted by Gasteiger charge is -2.21. The Morgan fingerprint density at radius 1 is 1.06 bits per heavy atom. The van der Waals surface area contributed by atoms with Gasteiger partial charge >= 0.3 is 0 Å². The average molecular weight is 479 g/mol. The third-order valence-corrected chi connectivity index (χ3v) is 7.73. The van der Waals surface area contributed by atoms with Gasteiger partial charge in [-0.1, -0.05) is 16.8 Å². The molecular weight excluding hydrogens is 456 g/mol. The Balaban J connectivity index is 1.51. The van der Waals surface area contributed by atoms with Gasteiger partial charge in [-0.25, -0.2) is 18.1 Å². The highest BCUT2D eigenvalue weighted by Gasteiger charge is 2.33. The van der Waals surface area contributed by atoms with Crippen molar-refractivity contribution >= 4 is 27.5 Å². The van der Waals surface area contributed by atoms with Crippen LogP contribution >= 0.6 is 11.6 Å². The third-order valence-electron chi connectivity index (χ3n) is 5.34. The molecule has 3 heterocycles. The Bertz CT molecular complexity index is 1230. The van der Waals surface area contributed by atoms with E-state index in [4.69, 9.17) is 16.1 Å². The van der Waals surface area contributed by atoms with Crippen LogP contribution < -0.4 is 0 Å². The Hall–Kier alpha value is -2.76. The minimum absolute atomic E-state index is 0.0690. The van der Waals surface area contributed by atoms with E-state index in [9.17, 15) is 13.2 Å². The zero-order valence-electron chi connectivity index (χ0n) is 17.9. The van der Waals surface area contributed by atoms with Crippen LogP contribution in [0.5, 0.6) is 0 Å². The van der Waals surface area contributed by atoms with E-state index in [2.05, 4.69) is 15.2 Å². The highest BCUT2D eigenvalue weighted by atomic mass is 35.5. The van der Waals surface area contributed by atoms with Crippen molar-refractivity contribution in [2.75, 3.05) is 26.2 Å². The number of aryl methyl sites for hydroxylation is 3. The van der Waals surface area contributed by atoms with E-state index in [1.807, 2.05) is 0 Å². The number of nitrogens with zero attached hydrogens (tertiary/aromatic N) is 6. The highest BCUT2D eigenvalue weighted by molar-refractivity contribution is 7.89. The van der Waals surface area contributed by atoms with E-state index in [-0.39, 0.29) is 35.5 Å². The van der Waals surface area contributed by atoms with Crippen LogP contribution in [-0.2, 0) is 10.0 Å². The molecule has 0 aliphatic carbocycles. The summed E-state index contributed by atoms with van der Waals surface area (Å²) in [4.78, 5) is 19.1. The van der Waals surface area contributed by atoms with Gasteiger partial charge in [0, 0.05) is 31.2 Å². The molecule has 1 aliphatic heterocycles. The molecule has 4 rings (SSSR count). The van der Waals surface area contributed by atoms with Gasteiger partial charge in [-0.3, -0.25) is 4.79 Å². The summed E-state index contributed by atoms with van der Waals surface area (Å²) in [6, 6.07) is 7.06. The van der Waals surface area contributed by atoms with Crippen LogP contribution in [0.25, 0.3) is 5.69 Å². The lowest BCUT2D eigenvalue weighted by atomic mass is 10.3. The fourth-order valence-electron chi connectivity index (χ4n) is 3.76. The first kappa shape index (κ1) is 22.4. The zero-order chi connectivity index (χ0) is 23.0. The third kappa shape index (κ3) is 4.15. The molecule has 1 amide bonds. The molecule has 2 aromatic heterocycles. The van der Waals surface area contributed by atoms with Crippen molar-refractivity contribution in [1.82, 2.24) is 29.1 Å². The molecular formula is C20H23ClN6O4S. The van der Waals surface area contributed by atoms with Gasteiger partial charge in [0.2, 0.25) is 15.8 Å². The van der Waals surface area contributed by atoms with Crippen LogP contribution in [0, 0.1) is 20.8 Å². The summed E-state index contributed by atoms with van der Waals surface area (Å²) in [5.41, 5.74) is 1.07. The molecule has 1 fully saturated rings. The summed E-state index contributed by atoms with van der Waals surface area (Å²) in [6.07, 6.45) is 0.491. The van der Waals surface area contributed by atoms with Gasteiger partial charge in [-0.05, 0) is 51.5 Å². The molecule has 0 spiro atoms. The molecule has 0 unspecified atom stereocenters. The Labute approximate surface area is 190 Å². The molecule has 10 nitrogen and oxygen atoms in total. The topological polar surface area (TPSA) is 114 Å². The monoisotopic (exact) mass is 478 g/mol. The second-order valence-electron chi connectivity index (χ2n) is 7.57. The molecule has 0 saturated carbocycles. The molecule has 0 radical (unpaired) electrons. The predicted octanol–water partition coefficient (Wildman–Crippen LogP) is 2.37. The van der Waals surface area contributed by atoms with Gasteiger partial charge in [0.15, 0.2) is 5.76 Å². The maximum absolute atomic E-state index is 13.1. The summed E-state index contributed by atoms with van der Waals surface area (Å²) >= 11 is 5.94. The van der Waals surface area contributed by atoms with Crippen LogP contribution in [0.1, 0.15) is 34.3 Å². The number of hydrogen-bond donors (Lipinski definition) is 0. The van der Waals surface area contributed by atoms with Crippen molar-refractivity contribution in [2.45, 2.75) is 32.1 Å². The molecule has 170 valence electrons. The summed E-state index contributed by atoms with van der Waals surface area (Å²) in [5.74, 6) is 0.553. The first-order chi connectivity index (χ1) is 15.2. The van der Waals surface area contributed by atoms with Gasteiger partial charge in [0.1, 0.15) is 16.4 Å². The van der Waals surface area contributed by atoms with Gasteiger partial charge in [0.25, 0.3) is 5.91 Å². The molecule has 0 bridgehead atoms. The Morgan fingerprint density at radius 3 is 2.44 bits per heavy atom. The SMILES string of the molecule is Cc1noc(C)c1S(=O)(=O)N1CCCN(C(=O)c2nc(C)n(-c3ccc(Cl)cc3)n2)CC1. The maximum atomic E-state index is 13.1. The number of carbonyl (C=O) groups is 1. The van der Waals surface area contributed by atoms with Crippen molar-refractivity contribution in [3.63, 3.8) is 0 Å². The van der Waals surface area contributed by atoms with E-state index in [0.717, 1.165) is 5.69 Å². The molecule has 1 aromatic carbocycles. The van der Waals surface area contributed by atoms with Crippen molar-refractivity contribution < 1.29 is 17.7 Å². The second kappa shape index (κ2) is 8.64. The van der Waals surface area contributed by atoms with Crippen LogP contribution in [0.3, 0.4) is 0 Å². The minimum Gasteiger partial charge on any atom is -0.360 e. The van der Waals surface area contributed by atoms with E-state index in [1.54, 1.807) is 54.6 Å². The van der Waals surface area contributed by atoms with Gasteiger partial charge in [-0.15, -0.1) is 5.10 Å². The van der Waals surface area contributed by atoms with E-state index < -0.39 is 10.0 Å². The molecule has 12 heteroatoms. The van der Waals surface area contributed by atoms with Crippen molar-refractivity contribution in [3.8, 4) is 5.69 Å². The van der Waals surface area contributed by atoms with Crippen molar-refractivity contribution in [2.24, 2.45) is 0 Å². The van der Waals surface area contributed by atoms with Crippen molar-refractivity contribution in [1.29, 1.82) is 0 Å². The Morgan fingerprint density at radius 2 is 1.78 bits per heavy atom. The molecule has 0 N–H and O–H groups in total. The molecule has 0 atom stereocenters. The molecule has 1 aliphatic rings. The lowest BCUT2D eigenvalue weighted by Crippen LogP contribution is -2.38. The number of sulfonamides is 1. The number of hydrogen-bond acceptors (Lipinski definition) is 7. The summed E-state index contributed by atoms with van der Waals surface area (Å²) in [7, 11) is -3.77. The number of benzene rings is 1. The fraction of sp³-hybridized carbons (Fsp3) is 0.400. The van der Waals surface area contributed by atoms with Gasteiger partial charge in [0.05, 0.1) is 5.69 Å². The summed E-state index contributed by atoms with van der Waals surface area (Å²) in [5, 5.41) is 8.72. The average Bonchev–Trinajstić information content (AvgIpc) is 3.19.